The molecule has 0 aromatic carbocycles. The molecule has 2 heterocycles. The second-order valence-electron chi connectivity index (χ2n) is 3.25. The molecule has 0 fully saturated rings. The molecule has 0 unspecified atom stereocenters. The molecule has 0 saturated carbocycles. The summed E-state index contributed by atoms with van der Waals surface area (Å²) < 4.78 is 6.51. The van der Waals surface area contributed by atoms with Crippen LogP contribution in [0.4, 0.5) is 0 Å². The number of hydrogen-bond acceptors (Lipinski definition) is 5. The van der Waals surface area contributed by atoms with E-state index in [0.717, 1.165) is 0 Å². The average Bonchev–Trinajstić information content (AvgIpc) is 2.95. The highest BCUT2D eigenvalue weighted by atomic mass is 35.5. The van der Waals surface area contributed by atoms with Gasteiger partial charge in [-0.3, -0.25) is 14.5 Å². The predicted molar refractivity (Wildman–Crippen MR) is 64.7 cm³/mol. The highest BCUT2D eigenvalue weighted by molar-refractivity contribution is 7.11. The van der Waals surface area contributed by atoms with E-state index in [4.69, 9.17) is 16.3 Å². The molecular formula is C10H10ClN3O2S. The maximum absolute atomic E-state index is 12.2. The number of ether oxygens (including phenoxy) is 1. The van der Waals surface area contributed by atoms with Gasteiger partial charge in [-0.05, 0) is 0 Å². The lowest BCUT2D eigenvalue weighted by atomic mass is 10.2. The number of ketones is 1. The highest BCUT2D eigenvalue weighted by Crippen LogP contribution is 2.20. The van der Waals surface area contributed by atoms with E-state index in [9.17, 15) is 4.79 Å². The van der Waals surface area contributed by atoms with Gasteiger partial charge in [0.05, 0.1) is 34.8 Å². The number of methoxy groups -OCH3 is 1. The molecule has 2 aromatic heterocycles. The van der Waals surface area contributed by atoms with Gasteiger partial charge in [0.25, 0.3) is 0 Å². The van der Waals surface area contributed by atoms with Gasteiger partial charge in [0.2, 0.25) is 5.78 Å². The number of nitrogens with zero attached hydrogens (tertiary/aromatic N) is 3. The number of rotatable bonds is 5. The Morgan fingerprint density at radius 1 is 1.59 bits per heavy atom. The SMILES string of the molecule is COCCn1ncc(Cl)c1C(=O)c1cncs1. The largest absolute Gasteiger partial charge is 0.383 e. The molecule has 0 aliphatic heterocycles. The van der Waals surface area contributed by atoms with Crippen molar-refractivity contribution in [1.29, 1.82) is 0 Å². The van der Waals surface area contributed by atoms with Gasteiger partial charge in [0, 0.05) is 13.3 Å². The van der Waals surface area contributed by atoms with Gasteiger partial charge < -0.3 is 4.74 Å². The van der Waals surface area contributed by atoms with Gasteiger partial charge in [-0.25, -0.2) is 0 Å². The predicted octanol–water partition coefficient (Wildman–Crippen LogP) is 1.87. The van der Waals surface area contributed by atoms with Crippen molar-refractivity contribution < 1.29 is 9.53 Å². The fraction of sp³-hybridized carbons (Fsp3) is 0.300. The van der Waals surface area contributed by atoms with Crippen LogP contribution in [0.2, 0.25) is 5.02 Å². The Balaban J connectivity index is 2.31. The monoisotopic (exact) mass is 271 g/mol. The molecule has 0 radical (unpaired) electrons. The van der Waals surface area contributed by atoms with E-state index >= 15 is 0 Å². The summed E-state index contributed by atoms with van der Waals surface area (Å²) in [6.45, 7) is 0.962. The van der Waals surface area contributed by atoms with E-state index in [2.05, 4.69) is 10.1 Å². The summed E-state index contributed by atoms with van der Waals surface area (Å²) in [6, 6.07) is 0. The van der Waals surface area contributed by atoms with Gasteiger partial charge in [0.1, 0.15) is 5.69 Å². The maximum atomic E-state index is 12.2. The molecule has 0 bridgehead atoms. The Labute approximate surface area is 107 Å². The third-order valence-electron chi connectivity index (χ3n) is 2.17. The van der Waals surface area contributed by atoms with Crippen molar-refractivity contribution in [2.75, 3.05) is 13.7 Å². The van der Waals surface area contributed by atoms with Crippen LogP contribution >= 0.6 is 22.9 Å². The van der Waals surface area contributed by atoms with Crippen molar-refractivity contribution in [2.24, 2.45) is 0 Å². The first-order chi connectivity index (χ1) is 8.24. The van der Waals surface area contributed by atoms with Gasteiger partial charge in [-0.2, -0.15) is 5.10 Å². The van der Waals surface area contributed by atoms with E-state index in [1.165, 1.54) is 23.7 Å². The third-order valence-corrected chi connectivity index (χ3v) is 3.22. The van der Waals surface area contributed by atoms with Crippen LogP contribution in [0.3, 0.4) is 0 Å². The van der Waals surface area contributed by atoms with Crippen molar-refractivity contribution in [1.82, 2.24) is 14.8 Å². The van der Waals surface area contributed by atoms with Crippen LogP contribution in [-0.4, -0.2) is 34.3 Å². The minimum atomic E-state index is -0.161. The molecular weight excluding hydrogens is 262 g/mol. The zero-order valence-corrected chi connectivity index (χ0v) is 10.7. The molecule has 5 nitrogen and oxygen atoms in total. The minimum Gasteiger partial charge on any atom is -0.383 e. The Hall–Kier alpha value is -1.24. The van der Waals surface area contributed by atoms with Gasteiger partial charge in [-0.15, -0.1) is 11.3 Å². The van der Waals surface area contributed by atoms with Gasteiger partial charge in [0.15, 0.2) is 0 Å². The fourth-order valence-electron chi connectivity index (χ4n) is 1.38. The second-order valence-corrected chi connectivity index (χ2v) is 4.55. The number of carbonyl (C=O) groups excluding carboxylic acids is 1. The van der Waals surface area contributed by atoms with E-state index in [-0.39, 0.29) is 5.78 Å². The number of carbonyl (C=O) groups is 1. The highest BCUT2D eigenvalue weighted by Gasteiger charge is 2.20. The summed E-state index contributed by atoms with van der Waals surface area (Å²) in [5.74, 6) is -0.161. The molecule has 0 saturated heterocycles. The van der Waals surface area contributed by atoms with Crippen molar-refractivity contribution >= 4 is 28.7 Å². The second kappa shape index (κ2) is 5.39. The van der Waals surface area contributed by atoms with Crippen LogP contribution in [0.5, 0.6) is 0 Å². The number of hydrogen-bond donors (Lipinski definition) is 0. The van der Waals surface area contributed by atoms with Crippen molar-refractivity contribution in [3.05, 3.63) is 33.5 Å². The molecule has 0 aliphatic carbocycles. The Kier molecular flexibility index (Phi) is 3.88. The minimum absolute atomic E-state index is 0.161. The zero-order chi connectivity index (χ0) is 12.3. The Morgan fingerprint density at radius 3 is 3.06 bits per heavy atom. The Morgan fingerprint density at radius 2 is 2.41 bits per heavy atom. The molecule has 90 valence electrons. The molecule has 17 heavy (non-hydrogen) atoms. The molecule has 2 aromatic rings. The molecule has 0 N–H and O–H groups in total. The number of halogens is 1. The van der Waals surface area contributed by atoms with Crippen molar-refractivity contribution in [3.63, 3.8) is 0 Å². The smallest absolute Gasteiger partial charge is 0.224 e. The molecule has 0 amide bonds. The molecule has 7 heteroatoms. The van der Waals surface area contributed by atoms with Crippen LogP contribution < -0.4 is 0 Å². The molecule has 0 atom stereocenters. The van der Waals surface area contributed by atoms with E-state index < -0.39 is 0 Å². The molecule has 2 rings (SSSR count). The average molecular weight is 272 g/mol. The van der Waals surface area contributed by atoms with E-state index in [1.54, 1.807) is 17.3 Å². The standard InChI is InChI=1S/C10H10ClN3O2S/c1-16-3-2-14-9(7(11)4-13-14)10(15)8-5-12-6-17-8/h4-6H,2-3H2,1H3. The lowest BCUT2D eigenvalue weighted by Crippen LogP contribution is -2.14. The van der Waals surface area contributed by atoms with E-state index in [1.807, 2.05) is 0 Å². The first-order valence-corrected chi connectivity index (χ1v) is 6.13. The normalized spacial score (nSPS) is 10.7. The third kappa shape index (κ3) is 2.54. The lowest BCUT2D eigenvalue weighted by molar-refractivity contribution is 0.102. The summed E-state index contributed by atoms with van der Waals surface area (Å²) in [5, 5.41) is 4.40. The first kappa shape index (κ1) is 12.2. The molecule has 0 aliphatic rings. The molecule has 0 spiro atoms. The van der Waals surface area contributed by atoms with Gasteiger partial charge in [-0.1, -0.05) is 11.6 Å². The van der Waals surface area contributed by atoms with Crippen molar-refractivity contribution in [2.45, 2.75) is 6.54 Å². The van der Waals surface area contributed by atoms with Crippen molar-refractivity contribution in [3.8, 4) is 0 Å². The summed E-state index contributed by atoms with van der Waals surface area (Å²) >= 11 is 7.25. The quantitative estimate of drug-likeness (QED) is 0.779. The first-order valence-electron chi connectivity index (χ1n) is 4.87. The summed E-state index contributed by atoms with van der Waals surface area (Å²) in [7, 11) is 1.59. The van der Waals surface area contributed by atoms with E-state index in [0.29, 0.717) is 28.7 Å². The maximum Gasteiger partial charge on any atom is 0.224 e. The van der Waals surface area contributed by atoms with Crippen LogP contribution in [0.15, 0.2) is 17.9 Å². The summed E-state index contributed by atoms with van der Waals surface area (Å²) in [4.78, 5) is 16.6. The van der Waals surface area contributed by atoms with Crippen LogP contribution in [-0.2, 0) is 11.3 Å². The number of aromatic nitrogens is 3. The Bertz CT molecular complexity index is 510. The topological polar surface area (TPSA) is 57.0 Å². The summed E-state index contributed by atoms with van der Waals surface area (Å²) in [6.07, 6.45) is 2.99. The van der Waals surface area contributed by atoms with Crippen LogP contribution in [0, 0.1) is 0 Å². The van der Waals surface area contributed by atoms with Crippen LogP contribution in [0.25, 0.3) is 0 Å². The fourth-order valence-corrected chi connectivity index (χ4v) is 2.17. The number of thiazole rings is 1. The zero-order valence-electron chi connectivity index (χ0n) is 9.09. The van der Waals surface area contributed by atoms with Crippen LogP contribution in [0.1, 0.15) is 15.4 Å². The van der Waals surface area contributed by atoms with Gasteiger partial charge >= 0.3 is 0 Å². The lowest BCUT2D eigenvalue weighted by Gasteiger charge is -2.05. The summed E-state index contributed by atoms with van der Waals surface area (Å²) in [5.41, 5.74) is 1.99.